The minimum atomic E-state index is -0.505. The standard InChI is InChI=1S/C23H30N2O2.C21H26N2O2.C21H26N2O.C19H23N3O2.C19H23N3O.C18H22N4O2/c1-13(2)18(19-12-24-20-6-4-3-5-17(19)20)11-22(26)25-16-8-14-7-15(10-16)23(27)21(25)9-14;1-12(17-11-22-18-5-3-2-4-16(17)18)6-20(24)23-15-8-13-7-14(10-15)21(25)19(23)9-13;1-13(19-12-22-20-5-3-2-4-18(19)20)6-21(24)23-16-8-14-7-15(10-16)11-17(23)9-14;23-17(4-3-13-11-21-18-16(13)2-1-5-20-18)22-14-6-12-7-15(22)10-19(24,8-12)9-14;23-18(4-3-14-11-21-19-17(14)2-1-5-20-19)22-15-7-12-6-13(9-15)10-16(22)8-12;23-17(5-6-21-16-4-2-1-3-15(16)19-20-21)22-13-7-12-8-14(22)11-18(24,9-12)10-13/h3-6,12-16,18,21,23-24,27H,7-11H2,1-2H3;2-5,11-15,19,21-22,25H,6-10H2,1H3;2-5,12-17,22H,6-11H2,1H3;1-2,5,11-12,14-15,24H,3-4,6-10H2,(H,20,21);1-2,5,11-13,15-16H,3-4,6-10H2,(H,20,21);1-4,12-14,24H,5-11H2. The summed E-state index contributed by atoms with van der Waals surface area (Å²) in [5.41, 5.74) is 12.2. The molecule has 20 heterocycles. The summed E-state index contributed by atoms with van der Waals surface area (Å²) in [6.07, 6.45) is 48.9. The number of aromatic nitrogens is 10. The van der Waals surface area contributed by atoms with Crippen molar-refractivity contribution in [2.24, 2.45) is 65.1 Å². The molecule has 6 amide bonds. The Hall–Kier alpha value is -11.1. The third-order valence-electron chi connectivity index (χ3n) is 40.0. The lowest BCUT2D eigenvalue weighted by atomic mass is 9.61. The molecule has 0 radical (unpaired) electrons. The number of aromatic amines is 5. The van der Waals surface area contributed by atoms with Gasteiger partial charge in [-0.25, -0.2) is 14.6 Å². The van der Waals surface area contributed by atoms with Crippen LogP contribution in [0.3, 0.4) is 0 Å². The van der Waals surface area contributed by atoms with Crippen LogP contribution in [0.4, 0.5) is 0 Å². The van der Waals surface area contributed by atoms with Crippen LogP contribution in [-0.4, -0.2) is 231 Å². The van der Waals surface area contributed by atoms with E-state index in [2.05, 4.69) is 181 Å². The number of para-hydroxylation sites is 4. The number of aliphatic hydroxyl groups excluding tert-OH is 2. The molecule has 24 bridgehead atoms. The summed E-state index contributed by atoms with van der Waals surface area (Å²) in [5.74, 6) is 9.87. The second kappa shape index (κ2) is 39.4. The molecule has 774 valence electrons. The van der Waals surface area contributed by atoms with Crippen LogP contribution in [0.5, 0.6) is 0 Å². The average molecular weight is 1990 g/mol. The summed E-state index contributed by atoms with van der Waals surface area (Å²) in [6, 6.07) is 44.9. The Morgan fingerprint density at radius 1 is 0.347 bits per heavy atom. The van der Waals surface area contributed by atoms with E-state index in [9.17, 15) is 49.2 Å². The van der Waals surface area contributed by atoms with E-state index in [4.69, 9.17) is 0 Å². The van der Waals surface area contributed by atoms with Gasteiger partial charge in [-0.1, -0.05) is 99.6 Å². The van der Waals surface area contributed by atoms with Crippen molar-refractivity contribution in [3.8, 4) is 0 Å². The van der Waals surface area contributed by atoms with Crippen LogP contribution in [0.2, 0.25) is 0 Å². The zero-order valence-electron chi connectivity index (χ0n) is 86.1. The summed E-state index contributed by atoms with van der Waals surface area (Å²) < 4.78 is 1.82. The van der Waals surface area contributed by atoms with Gasteiger partial charge in [0.2, 0.25) is 35.4 Å². The number of amides is 6. The number of nitrogens with one attached hydrogen (secondary N) is 5. The lowest BCUT2D eigenvalue weighted by Crippen LogP contribution is -2.66. The number of carbonyl (C=O) groups excluding carboxylic acids is 6. The van der Waals surface area contributed by atoms with Gasteiger partial charge in [0, 0.05) is 186 Å². The van der Waals surface area contributed by atoms with Crippen LogP contribution in [0, 0.1) is 65.1 Å². The first-order valence-electron chi connectivity index (χ1n) is 56.8. The summed E-state index contributed by atoms with van der Waals surface area (Å²) in [5, 5.41) is 56.9. The highest BCUT2D eigenvalue weighted by Crippen LogP contribution is 2.58. The molecule has 36 rings (SSSR count). The minimum absolute atomic E-state index is 0.0598. The molecule has 12 aromatic rings. The highest BCUT2D eigenvalue weighted by Gasteiger charge is 2.60. The number of piperidine rings is 12. The van der Waals surface area contributed by atoms with Crippen molar-refractivity contribution in [2.75, 3.05) is 0 Å². The van der Waals surface area contributed by atoms with Gasteiger partial charge in [0.25, 0.3) is 0 Å². The van der Waals surface area contributed by atoms with Gasteiger partial charge in [-0.2, -0.15) is 0 Å². The van der Waals surface area contributed by atoms with Crippen molar-refractivity contribution in [3.05, 3.63) is 193 Å². The number of aryl methyl sites for hydroxylation is 3. The van der Waals surface area contributed by atoms with E-state index in [0.29, 0.717) is 123 Å². The summed E-state index contributed by atoms with van der Waals surface area (Å²) >= 11 is 0. The molecule has 9 N–H and O–H groups in total. The molecule has 12 aliphatic heterocycles. The molecular formula is C121H150N16O10. The molecule has 12 aliphatic carbocycles. The largest absolute Gasteiger partial charge is 0.391 e. The van der Waals surface area contributed by atoms with Crippen LogP contribution >= 0.6 is 0 Å². The summed E-state index contributed by atoms with van der Waals surface area (Å²) in [6.45, 7) is 9.32. The molecule has 4 aromatic carbocycles. The fraction of sp³-hybridized carbons (Fsp3) is 0.587. The molecule has 26 heteroatoms. The number of carbonyl (C=O) groups is 6. The first-order chi connectivity index (χ1) is 71.3. The van der Waals surface area contributed by atoms with Crippen LogP contribution in [0.1, 0.15) is 292 Å². The van der Waals surface area contributed by atoms with Crippen LogP contribution in [-0.2, 0) is 48.2 Å². The van der Waals surface area contributed by atoms with Crippen molar-refractivity contribution >= 4 is 101 Å². The van der Waals surface area contributed by atoms with E-state index < -0.39 is 11.2 Å². The highest BCUT2D eigenvalue weighted by molar-refractivity contribution is 5.90. The van der Waals surface area contributed by atoms with Crippen molar-refractivity contribution < 1.29 is 49.2 Å². The second-order valence-corrected chi connectivity index (χ2v) is 49.9. The molecule has 12 saturated carbocycles. The van der Waals surface area contributed by atoms with E-state index >= 15 is 0 Å². The third kappa shape index (κ3) is 18.6. The van der Waals surface area contributed by atoms with Gasteiger partial charge in [-0.15, -0.1) is 5.10 Å². The van der Waals surface area contributed by atoms with Gasteiger partial charge < -0.3 is 74.7 Å². The number of hydrogen-bond acceptors (Lipinski definition) is 14. The van der Waals surface area contributed by atoms with Crippen molar-refractivity contribution in [1.82, 2.24) is 79.3 Å². The zero-order valence-corrected chi connectivity index (χ0v) is 86.1. The average Bonchev–Trinajstić information content (AvgIpc) is 1.36. The maximum atomic E-state index is 13.4. The smallest absolute Gasteiger partial charge is 0.224 e. The van der Waals surface area contributed by atoms with Crippen molar-refractivity contribution in [2.45, 2.75) is 379 Å². The Morgan fingerprint density at radius 2 is 0.701 bits per heavy atom. The van der Waals surface area contributed by atoms with Gasteiger partial charge in [0.15, 0.2) is 0 Å². The Labute approximate surface area is 861 Å². The van der Waals surface area contributed by atoms with E-state index in [0.717, 1.165) is 201 Å². The Kier molecular flexibility index (Phi) is 25.9. The number of aliphatic hydroxyl groups is 4. The van der Waals surface area contributed by atoms with E-state index in [-0.39, 0.29) is 89.8 Å². The van der Waals surface area contributed by atoms with E-state index in [1.54, 1.807) is 12.4 Å². The first-order valence-corrected chi connectivity index (χ1v) is 56.8. The Balaban J connectivity index is 0.0000000919. The zero-order chi connectivity index (χ0) is 100. The Morgan fingerprint density at radius 3 is 1.14 bits per heavy atom. The number of nitrogens with zero attached hydrogens (tertiary/aromatic N) is 11. The molecule has 0 spiro atoms. The number of rotatable bonds is 19. The topological polar surface area (TPSA) is 338 Å². The summed E-state index contributed by atoms with van der Waals surface area (Å²) in [7, 11) is 0. The molecule has 17 unspecified atom stereocenters. The predicted molar refractivity (Wildman–Crippen MR) is 567 cm³/mol. The van der Waals surface area contributed by atoms with Crippen LogP contribution in [0.25, 0.3) is 65.8 Å². The lowest BCUT2D eigenvalue weighted by molar-refractivity contribution is -0.175. The SMILES string of the molecule is CC(C)C(CC(=O)N1C2CC3CC(C2)C(O)C1C3)c1c[nH]c2ccccc12.CC(CC(=O)N1C2CC3CC(C2)C(O)C1C3)c1c[nH]c2ccccc12.CC(CC(=O)N1C2CC3CC(C2)CC1C3)c1c[nH]c2ccccc12.O=C(CCc1c[nH]c2ncccc12)N1C2CC3CC(C2)CC1C3.O=C(CCc1c[nH]c2ncccc12)N1C2CC3CC1CC(O)(C3)C2.O=C(CCn1nnc2ccccc21)N1C2CC3CC1CC(O)(C3)C2. The van der Waals surface area contributed by atoms with E-state index in [1.165, 1.54) is 121 Å². The third-order valence-corrected chi connectivity index (χ3v) is 40.0. The monoisotopic (exact) mass is 1990 g/mol. The van der Waals surface area contributed by atoms with Gasteiger partial charge in [0.05, 0.1) is 47.6 Å². The van der Waals surface area contributed by atoms with Gasteiger partial charge in [0.1, 0.15) is 16.8 Å². The first kappa shape index (κ1) is 96.8. The maximum Gasteiger partial charge on any atom is 0.224 e. The molecule has 24 aliphatic rings. The molecule has 17 atom stereocenters. The van der Waals surface area contributed by atoms with Gasteiger partial charge >= 0.3 is 0 Å². The Bertz CT molecular complexity index is 6660. The van der Waals surface area contributed by atoms with Gasteiger partial charge in [-0.3, -0.25) is 28.8 Å². The van der Waals surface area contributed by atoms with Crippen LogP contribution < -0.4 is 0 Å². The second-order valence-electron chi connectivity index (χ2n) is 49.9. The van der Waals surface area contributed by atoms with E-state index in [1.807, 2.05) is 77.9 Å². The minimum Gasteiger partial charge on any atom is -0.391 e. The van der Waals surface area contributed by atoms with Crippen molar-refractivity contribution in [1.29, 1.82) is 0 Å². The number of fused-ring (bicyclic) bond motifs is 6. The maximum absolute atomic E-state index is 13.4. The quantitative estimate of drug-likeness (QED) is 0.0363. The fourth-order valence-corrected chi connectivity index (χ4v) is 34.6. The summed E-state index contributed by atoms with van der Waals surface area (Å²) in [4.78, 5) is 116. The number of H-pyrrole nitrogens is 5. The molecule has 8 aromatic heterocycles. The predicted octanol–water partition coefficient (Wildman–Crippen LogP) is 19.3. The van der Waals surface area contributed by atoms with Crippen molar-refractivity contribution in [3.63, 3.8) is 0 Å². The number of hydrogen-bond donors (Lipinski definition) is 9. The number of pyridine rings is 2. The molecule has 147 heavy (non-hydrogen) atoms. The molecule has 12 saturated heterocycles. The van der Waals surface area contributed by atoms with Gasteiger partial charge in [-0.05, 0) is 358 Å². The molecule has 24 fully saturated rings. The lowest BCUT2D eigenvalue weighted by Gasteiger charge is -2.59. The normalized spacial score (nSPS) is 33.4. The van der Waals surface area contributed by atoms with Crippen LogP contribution in [0.15, 0.2) is 165 Å². The highest BCUT2D eigenvalue weighted by atomic mass is 16.3. The molecule has 26 nitrogen and oxygen atoms in total. The molecular weight excluding hydrogens is 1840 g/mol. The number of benzene rings is 4. The fourth-order valence-electron chi connectivity index (χ4n) is 34.6.